The molecule has 0 radical (unpaired) electrons. The van der Waals surface area contributed by atoms with Gasteiger partial charge in [0.15, 0.2) is 0 Å². The Bertz CT molecular complexity index is 531. The molecule has 0 atom stereocenters. The van der Waals surface area contributed by atoms with Crippen LogP contribution >= 0.6 is 0 Å². The summed E-state index contributed by atoms with van der Waals surface area (Å²) in [6.07, 6.45) is 4.96. The number of nitrogens with zero attached hydrogens (tertiary/aromatic N) is 2. The lowest BCUT2D eigenvalue weighted by Gasteiger charge is -2.20. The van der Waals surface area contributed by atoms with E-state index in [9.17, 15) is 0 Å². The van der Waals surface area contributed by atoms with Gasteiger partial charge in [-0.05, 0) is 48.2 Å². The monoisotopic (exact) mass is 324 g/mol. The first kappa shape index (κ1) is 18.4. The van der Waals surface area contributed by atoms with Crippen LogP contribution in [0.15, 0.2) is 48.5 Å². The molecule has 0 heterocycles. The average Bonchev–Trinajstić information content (AvgIpc) is 2.64. The number of unbranched alkanes of at least 4 members (excludes halogenated alkanes) is 2. The SMILES string of the molecule is CCCCN(C)c1ccc(-c2ccc(N(C)CCCC)cc2)cc1. The Kier molecular flexibility index (Phi) is 7.17. The van der Waals surface area contributed by atoms with E-state index >= 15 is 0 Å². The summed E-state index contributed by atoms with van der Waals surface area (Å²) in [6.45, 7) is 6.71. The molecule has 0 bridgehead atoms. The Morgan fingerprint density at radius 3 is 1.21 bits per heavy atom. The Morgan fingerprint density at radius 1 is 0.583 bits per heavy atom. The summed E-state index contributed by atoms with van der Waals surface area (Å²) in [7, 11) is 4.34. The van der Waals surface area contributed by atoms with E-state index < -0.39 is 0 Å². The van der Waals surface area contributed by atoms with Gasteiger partial charge in [-0.15, -0.1) is 0 Å². The van der Waals surface area contributed by atoms with Crippen molar-refractivity contribution in [1.29, 1.82) is 0 Å². The molecule has 0 unspecified atom stereocenters. The van der Waals surface area contributed by atoms with Gasteiger partial charge in [0.05, 0.1) is 0 Å². The molecular formula is C22H32N2. The van der Waals surface area contributed by atoms with E-state index in [1.165, 1.54) is 48.2 Å². The number of hydrogen-bond acceptors (Lipinski definition) is 2. The number of hydrogen-bond donors (Lipinski definition) is 0. The highest BCUT2D eigenvalue weighted by atomic mass is 15.1. The second-order valence-corrected chi connectivity index (χ2v) is 6.64. The summed E-state index contributed by atoms with van der Waals surface area (Å²) in [5.74, 6) is 0. The molecule has 130 valence electrons. The van der Waals surface area contributed by atoms with E-state index in [4.69, 9.17) is 0 Å². The Balaban J connectivity index is 2.03. The van der Waals surface area contributed by atoms with Crippen molar-refractivity contribution in [3.63, 3.8) is 0 Å². The van der Waals surface area contributed by atoms with Gasteiger partial charge in [-0.1, -0.05) is 51.0 Å². The van der Waals surface area contributed by atoms with Crippen LogP contribution in [-0.4, -0.2) is 27.2 Å². The summed E-state index contributed by atoms with van der Waals surface area (Å²) in [5.41, 5.74) is 5.15. The van der Waals surface area contributed by atoms with Crippen LogP contribution in [0.5, 0.6) is 0 Å². The minimum atomic E-state index is 1.12. The molecule has 2 rings (SSSR count). The molecule has 0 saturated heterocycles. The fourth-order valence-electron chi connectivity index (χ4n) is 2.87. The molecule has 0 saturated carbocycles. The van der Waals surface area contributed by atoms with Gasteiger partial charge in [0, 0.05) is 38.6 Å². The van der Waals surface area contributed by atoms with Gasteiger partial charge in [-0.25, -0.2) is 0 Å². The Morgan fingerprint density at radius 2 is 0.917 bits per heavy atom. The first-order valence-electron chi connectivity index (χ1n) is 9.28. The van der Waals surface area contributed by atoms with Crippen molar-refractivity contribution in [2.24, 2.45) is 0 Å². The maximum atomic E-state index is 2.33. The highest BCUT2D eigenvalue weighted by Gasteiger charge is 2.04. The zero-order valence-electron chi connectivity index (χ0n) is 15.8. The Hall–Kier alpha value is -1.96. The van der Waals surface area contributed by atoms with Gasteiger partial charge >= 0.3 is 0 Å². The van der Waals surface area contributed by atoms with Gasteiger partial charge < -0.3 is 9.80 Å². The number of rotatable bonds is 9. The number of benzene rings is 2. The lowest BCUT2D eigenvalue weighted by atomic mass is 10.0. The minimum Gasteiger partial charge on any atom is -0.375 e. The molecule has 0 aliphatic rings. The fourth-order valence-corrected chi connectivity index (χ4v) is 2.87. The summed E-state index contributed by atoms with van der Waals surface area (Å²) >= 11 is 0. The molecule has 2 heteroatoms. The first-order valence-corrected chi connectivity index (χ1v) is 9.28. The van der Waals surface area contributed by atoms with Crippen molar-refractivity contribution >= 4 is 11.4 Å². The van der Waals surface area contributed by atoms with Crippen LogP contribution < -0.4 is 9.80 Å². The van der Waals surface area contributed by atoms with E-state index in [-0.39, 0.29) is 0 Å². The maximum Gasteiger partial charge on any atom is 0.0364 e. The standard InChI is InChI=1S/C22H32N2/c1-5-7-17-23(3)21-13-9-19(10-14-21)20-11-15-22(16-12-20)24(4)18-8-6-2/h9-16H,5-8,17-18H2,1-4H3. The average molecular weight is 325 g/mol. The third kappa shape index (κ3) is 5.02. The van der Waals surface area contributed by atoms with E-state index in [0.29, 0.717) is 0 Å². The van der Waals surface area contributed by atoms with Crippen LogP contribution in [0.3, 0.4) is 0 Å². The normalized spacial score (nSPS) is 10.7. The predicted octanol–water partition coefficient (Wildman–Crippen LogP) is 5.83. The Labute approximate surface area is 148 Å². The third-order valence-electron chi connectivity index (χ3n) is 4.64. The van der Waals surface area contributed by atoms with Crippen LogP contribution in [0, 0.1) is 0 Å². The van der Waals surface area contributed by atoms with Crippen LogP contribution in [0.2, 0.25) is 0 Å². The highest BCUT2D eigenvalue weighted by Crippen LogP contribution is 2.25. The van der Waals surface area contributed by atoms with Crippen molar-refractivity contribution in [2.75, 3.05) is 37.0 Å². The summed E-state index contributed by atoms with van der Waals surface area (Å²) < 4.78 is 0. The van der Waals surface area contributed by atoms with Gasteiger partial charge in [0.1, 0.15) is 0 Å². The smallest absolute Gasteiger partial charge is 0.0364 e. The summed E-state index contributed by atoms with van der Waals surface area (Å²) in [6, 6.07) is 17.8. The fraction of sp³-hybridized carbons (Fsp3) is 0.455. The molecule has 0 aliphatic carbocycles. The van der Waals surface area contributed by atoms with Crippen LogP contribution in [0.4, 0.5) is 11.4 Å². The third-order valence-corrected chi connectivity index (χ3v) is 4.64. The minimum absolute atomic E-state index is 1.12. The largest absolute Gasteiger partial charge is 0.375 e. The molecule has 2 aromatic carbocycles. The highest BCUT2D eigenvalue weighted by molar-refractivity contribution is 5.68. The molecule has 0 spiro atoms. The van der Waals surface area contributed by atoms with Gasteiger partial charge in [0.2, 0.25) is 0 Å². The topological polar surface area (TPSA) is 6.48 Å². The second kappa shape index (κ2) is 9.36. The number of anilines is 2. The van der Waals surface area contributed by atoms with Crippen molar-refractivity contribution in [2.45, 2.75) is 39.5 Å². The maximum absolute atomic E-state index is 2.33. The van der Waals surface area contributed by atoms with Crippen molar-refractivity contribution in [1.82, 2.24) is 0 Å². The van der Waals surface area contributed by atoms with Gasteiger partial charge in [-0.2, -0.15) is 0 Å². The molecular weight excluding hydrogens is 292 g/mol. The molecule has 0 aliphatic heterocycles. The van der Waals surface area contributed by atoms with Gasteiger partial charge in [0.25, 0.3) is 0 Å². The van der Waals surface area contributed by atoms with Crippen LogP contribution in [0.25, 0.3) is 11.1 Å². The van der Waals surface area contributed by atoms with E-state index in [2.05, 4.69) is 86.3 Å². The predicted molar refractivity (Wildman–Crippen MR) is 108 cm³/mol. The van der Waals surface area contributed by atoms with Crippen molar-refractivity contribution in [3.05, 3.63) is 48.5 Å². The molecule has 2 aromatic rings. The zero-order chi connectivity index (χ0) is 17.4. The van der Waals surface area contributed by atoms with E-state index in [0.717, 1.165) is 13.1 Å². The van der Waals surface area contributed by atoms with Crippen molar-refractivity contribution in [3.8, 4) is 11.1 Å². The quantitative estimate of drug-likeness (QED) is 0.573. The van der Waals surface area contributed by atoms with Crippen LogP contribution in [0.1, 0.15) is 39.5 Å². The molecule has 0 N–H and O–H groups in total. The van der Waals surface area contributed by atoms with Gasteiger partial charge in [-0.3, -0.25) is 0 Å². The lowest BCUT2D eigenvalue weighted by Crippen LogP contribution is -2.18. The molecule has 0 fully saturated rings. The van der Waals surface area contributed by atoms with E-state index in [1.54, 1.807) is 0 Å². The molecule has 0 amide bonds. The zero-order valence-corrected chi connectivity index (χ0v) is 15.8. The summed E-state index contributed by atoms with van der Waals surface area (Å²) in [4.78, 5) is 4.66. The van der Waals surface area contributed by atoms with E-state index in [1.807, 2.05) is 0 Å². The molecule has 2 nitrogen and oxygen atoms in total. The lowest BCUT2D eigenvalue weighted by molar-refractivity contribution is 0.766. The first-order chi connectivity index (χ1) is 11.7. The summed E-state index contributed by atoms with van der Waals surface area (Å²) in [5, 5.41) is 0. The molecule has 24 heavy (non-hydrogen) atoms. The van der Waals surface area contributed by atoms with Crippen LogP contribution in [-0.2, 0) is 0 Å². The molecule has 0 aromatic heterocycles. The second-order valence-electron chi connectivity index (χ2n) is 6.64. The van der Waals surface area contributed by atoms with Crippen molar-refractivity contribution < 1.29 is 0 Å².